The fourth-order valence-electron chi connectivity index (χ4n) is 14.5. The molecule has 8 atom stereocenters. The number of rotatable bonds is 19. The molecule has 3 N–H and O–H groups in total. The molecule has 8 aromatic carbocycles. The van der Waals surface area contributed by atoms with Crippen molar-refractivity contribution in [2.75, 3.05) is 99.4 Å². The third kappa shape index (κ3) is 29.8. The van der Waals surface area contributed by atoms with E-state index in [1.165, 1.54) is 101 Å². The minimum Gasteiger partial charge on any atom is -0.286 e. The van der Waals surface area contributed by atoms with Gasteiger partial charge in [-0.05, 0) is 195 Å². The number of aliphatic hydroxyl groups excluding tert-OH is 2. The van der Waals surface area contributed by atoms with Gasteiger partial charge in [0.25, 0.3) is 0 Å². The maximum absolute atomic E-state index is 14.3. The first-order chi connectivity index (χ1) is 61.3. The molecule has 132 heavy (non-hydrogen) atoms. The Morgan fingerprint density at radius 2 is 0.727 bits per heavy atom. The number of sulfonamides is 4. The molecular weight excluding hydrogens is 2210 g/mol. The van der Waals surface area contributed by atoms with Crippen molar-refractivity contribution in [2.45, 2.75) is 106 Å². The van der Waals surface area contributed by atoms with Crippen LogP contribution >= 0.6 is 75.5 Å². The zero-order valence-corrected chi connectivity index (χ0v) is 83.7. The number of amides is 1. The zero-order valence-electron chi connectivity index (χ0n) is 69.2. The standard InChI is InChI=1S/C28H34ClF2N3O6S.C18H16ClF2NO5S.C17H14ClF2NO5S.C17H16ClF2NO4S.3ClH.IO4.Na.Ru/c1-27(2,18-35)33-11-9-32(10-12-33)26(36)40-28(7-8-28)25-17-39-16-24(19-13-21(30)15-22(31)14-19)34(25)41(37,38)23-5-3-20(29)4-6-23;1-26-18(23)17-10-27-9-16(11-6-13(20)8-14(21)7-11)22(17)28(24,25)15-4-2-12(19)3-5-15;18-11-1-3-14(4-2-11)27(24,25)21-15(8-26-9-16(21)17(22)23)10-5-12(19)7-13(20)6-10;18-12-1-3-16(4-2-12)26(23,24)21-15(8-22)9-25-10-17(21)11-5-13(19)7-14(20)6-11;;;;2-1(3,4)5;;/h3-6,13-15,24-25,35H,7-12,16-18H2,1-2H3;2-8,16-17H,9-10H2,1H3;1-7,15-16H,8-9H2,(H,22,23);1-7,15,17,22H,8-10H2;3*1H;;;/q;;;;;;;-1;+1;+3/p-3/t24-,25+;16-,17+;15-,16+;15-,17-;;;;;;/m0000....../s1. The van der Waals surface area contributed by atoms with E-state index in [4.69, 9.17) is 118 Å². The van der Waals surface area contributed by atoms with E-state index in [-0.39, 0.29) is 124 Å². The Morgan fingerprint density at radius 3 is 1.02 bits per heavy atom. The number of esters is 1. The maximum atomic E-state index is 14.3. The summed E-state index contributed by atoms with van der Waals surface area (Å²) < 4.78 is 289. The first-order valence-corrected chi connectivity index (χ1v) is 55.7. The molecule has 5 saturated heterocycles. The number of carbonyl (C=O) groups excluding carboxylic acids is 2. The summed E-state index contributed by atoms with van der Waals surface area (Å²) in [4.78, 5) is 40.5. The van der Waals surface area contributed by atoms with Crippen LogP contribution < -0.4 is 63.4 Å². The summed E-state index contributed by atoms with van der Waals surface area (Å²) in [6.07, 6.45) is 0.245. The Labute approximate surface area is 819 Å². The summed E-state index contributed by atoms with van der Waals surface area (Å²) in [6.45, 7) is 3.80. The predicted molar refractivity (Wildman–Crippen MR) is 444 cm³/mol. The number of hydrogen-bond acceptors (Lipinski definition) is 24. The molecule has 1 aliphatic carbocycles. The van der Waals surface area contributed by atoms with Gasteiger partial charge in [0, 0.05) is 76.1 Å². The molecule has 30 nitrogen and oxygen atoms in total. The predicted octanol–water partition coefficient (Wildman–Crippen LogP) is 3.62. The van der Waals surface area contributed by atoms with Gasteiger partial charge in [-0.3, -0.25) is 28.2 Å². The van der Waals surface area contributed by atoms with Gasteiger partial charge in [0.2, 0.25) is 40.1 Å². The SMILES string of the molecule is CC(C)(CO)N1CCN(C(=O)OC2([C@H]3COC[C@@H](c4cc(F)cc(F)c4)N3S(=O)(=O)c3ccc(Cl)cc3)CC2)CC1.COC(=O)[C@H]1COC[C@@H](c2cc(F)cc(F)c2)N1S(=O)(=O)c1ccc(Cl)cc1.O=C(O)[C@H]1COC[C@@H](c2cc(F)cc(F)c2)N1S(=O)(=O)c1ccc(Cl)cc1.O=S(=O)(c1ccc(Cl)cc1)N1[C@@H](CO)COC[C@H]1c1cc(F)cc(F)c1.[Cl][Ru]([Cl])[Cl].[Na+].[O-][I+3]([O-])([O-])[O-]. The molecule has 0 radical (unpaired) electrons. The van der Waals surface area contributed by atoms with E-state index in [1.807, 2.05) is 13.8 Å². The van der Waals surface area contributed by atoms with Gasteiger partial charge in [-0.1, -0.05) is 46.4 Å². The van der Waals surface area contributed by atoms with Gasteiger partial charge in [-0.25, -0.2) is 73.6 Å². The summed E-state index contributed by atoms with van der Waals surface area (Å²) >= 11 is 15.7. The quantitative estimate of drug-likeness (QED) is 0.0450. The number of methoxy groups -OCH3 is 1. The summed E-state index contributed by atoms with van der Waals surface area (Å²) in [5.41, 5.74) is -1.41. The number of morpholine rings is 4. The Balaban J connectivity index is 0.000000213. The van der Waals surface area contributed by atoms with Gasteiger partial charge in [0.1, 0.15) is 84.3 Å². The molecule has 6 fully saturated rings. The number of piperazine rings is 1. The number of halogens is 16. The van der Waals surface area contributed by atoms with E-state index in [2.05, 4.69) is 4.90 Å². The van der Waals surface area contributed by atoms with Crippen LogP contribution in [0.25, 0.3) is 0 Å². The van der Waals surface area contributed by atoms with Crippen molar-refractivity contribution >= 4 is 134 Å². The minimum atomic E-state index is -5.94. The third-order valence-corrected chi connectivity index (χ3v) is 29.6. The number of ether oxygens (including phenoxy) is 6. The van der Waals surface area contributed by atoms with Gasteiger partial charge in [0.05, 0.1) is 129 Å². The number of carboxylic acids is 1. The third-order valence-electron chi connectivity index (χ3n) is 20.8. The fraction of sp³-hybridized carbons (Fsp3) is 0.362. The van der Waals surface area contributed by atoms with E-state index in [0.717, 1.165) is 68.6 Å². The van der Waals surface area contributed by atoms with Gasteiger partial charge in [0.15, 0.2) is 0 Å². The first kappa shape index (κ1) is 112. The molecule has 0 bridgehead atoms. The smallest absolute Gasteiger partial charge is 0.286 e. The van der Waals surface area contributed by atoms with Crippen molar-refractivity contribution in [1.82, 2.24) is 27.0 Å². The van der Waals surface area contributed by atoms with E-state index in [9.17, 15) is 98.5 Å². The maximum Gasteiger partial charge on any atom is 1.00 e. The average molecular weight is 2290 g/mol. The van der Waals surface area contributed by atoms with Crippen LogP contribution in [0.1, 0.15) is 73.1 Å². The summed E-state index contributed by atoms with van der Waals surface area (Å²) in [5.74, 6) is -9.20. The number of nitrogens with zero attached hydrogens (tertiary/aromatic N) is 6. The van der Waals surface area contributed by atoms with Gasteiger partial charge in [-0.15, -0.1) is 0 Å². The Kier molecular flexibility index (Phi) is 41.4. The molecule has 8 aromatic rings. The van der Waals surface area contributed by atoms with Crippen LogP contribution in [0.3, 0.4) is 0 Å². The average Bonchev–Trinajstić information content (AvgIpc) is 1.55. The molecule has 5 aliphatic heterocycles. The topological polar surface area (TPSA) is 416 Å². The molecule has 719 valence electrons. The van der Waals surface area contributed by atoms with Crippen molar-refractivity contribution in [3.63, 3.8) is 0 Å². The molecule has 52 heteroatoms. The second-order valence-corrected chi connectivity index (χ2v) is 49.0. The van der Waals surface area contributed by atoms with Crippen LogP contribution in [0.5, 0.6) is 0 Å². The number of carboxylic acid groups (broad SMARTS) is 1. The van der Waals surface area contributed by atoms with Gasteiger partial charge < -0.3 is 48.6 Å². The van der Waals surface area contributed by atoms with E-state index < -0.39 is 210 Å². The van der Waals surface area contributed by atoms with Gasteiger partial charge in [-0.2, -0.15) is 17.2 Å². The molecule has 1 saturated carbocycles. The Bertz CT molecular complexity index is 5700. The molecule has 0 unspecified atom stereocenters. The second-order valence-electron chi connectivity index (χ2n) is 29.8. The van der Waals surface area contributed by atoms with Crippen LogP contribution in [-0.4, -0.2) is 229 Å². The minimum absolute atomic E-state index is 0. The second kappa shape index (κ2) is 48.7. The summed E-state index contributed by atoms with van der Waals surface area (Å²) in [7, 11) is -0.966. The molecule has 5 heterocycles. The summed E-state index contributed by atoms with van der Waals surface area (Å²) in [5, 5.41) is 30.1. The van der Waals surface area contributed by atoms with Crippen molar-refractivity contribution in [3.8, 4) is 0 Å². The van der Waals surface area contributed by atoms with Crippen molar-refractivity contribution in [3.05, 3.63) is 259 Å². The van der Waals surface area contributed by atoms with Crippen LogP contribution in [0.4, 0.5) is 39.9 Å². The number of carbonyl (C=O) groups is 3. The first-order valence-electron chi connectivity index (χ1n) is 38.2. The number of aliphatic carboxylic acids is 1. The number of aliphatic hydroxyl groups is 2. The normalized spacial score (nSPS) is 21.2. The van der Waals surface area contributed by atoms with E-state index >= 15 is 0 Å². The Morgan fingerprint density at radius 1 is 0.455 bits per heavy atom. The molecule has 0 spiro atoms. The van der Waals surface area contributed by atoms with Crippen molar-refractivity contribution < 1.29 is 203 Å². The van der Waals surface area contributed by atoms with Crippen molar-refractivity contribution in [1.29, 1.82) is 0 Å². The van der Waals surface area contributed by atoms with Crippen LogP contribution in [0.15, 0.2) is 189 Å². The van der Waals surface area contributed by atoms with Crippen LogP contribution in [0, 0.1) is 46.5 Å². The largest absolute Gasteiger partial charge is 1.00 e. The van der Waals surface area contributed by atoms with Crippen molar-refractivity contribution in [2.24, 2.45) is 0 Å². The van der Waals surface area contributed by atoms with E-state index in [0.29, 0.717) is 83.4 Å². The molecule has 14 rings (SSSR count). The monoisotopic (exact) mass is 2280 g/mol. The van der Waals surface area contributed by atoms with E-state index in [1.54, 1.807) is 4.90 Å². The zero-order chi connectivity index (χ0) is 96.8. The molecule has 1 amide bonds. The molecule has 0 aromatic heterocycles. The van der Waals surface area contributed by atoms with Gasteiger partial charge >= 0.3 is 89.6 Å². The fourth-order valence-corrected chi connectivity index (χ4v) is 22.0. The van der Waals surface area contributed by atoms with Crippen LogP contribution in [-0.2, 0) is 91.1 Å². The molecular formula is C80H80Cl7F8IN6NaO24RuS4. The Hall–Kier alpha value is -5.01. The number of hydrogen-bond donors (Lipinski definition) is 3. The summed E-state index contributed by atoms with van der Waals surface area (Å²) in [6, 6.07) is 23.5. The van der Waals surface area contributed by atoms with Crippen LogP contribution in [0.2, 0.25) is 20.1 Å². The molecule has 6 aliphatic rings. The number of benzene rings is 8.